The number of imidazole rings is 1. The lowest BCUT2D eigenvalue weighted by atomic mass is 10.1. The van der Waals surface area contributed by atoms with Gasteiger partial charge in [0.15, 0.2) is 0 Å². The summed E-state index contributed by atoms with van der Waals surface area (Å²) in [5, 5.41) is 7.48. The van der Waals surface area contributed by atoms with Crippen LogP contribution in [0.1, 0.15) is 33.7 Å². The number of aromatic nitrogens is 2. The summed E-state index contributed by atoms with van der Waals surface area (Å²) >= 11 is 0. The molecule has 2 aromatic carbocycles. The summed E-state index contributed by atoms with van der Waals surface area (Å²) in [6.45, 7) is 0.510. The fourth-order valence-electron chi connectivity index (χ4n) is 3.43. The Bertz CT molecular complexity index is 1130. The van der Waals surface area contributed by atoms with Gasteiger partial charge in [-0.1, -0.05) is 24.3 Å². The summed E-state index contributed by atoms with van der Waals surface area (Å²) in [5.41, 5.74) is 15.5. The molecule has 8 nitrogen and oxygen atoms in total. The second-order valence-electron chi connectivity index (χ2n) is 7.59. The topological polar surface area (TPSA) is 126 Å². The van der Waals surface area contributed by atoms with Gasteiger partial charge in [0.2, 0.25) is 0 Å². The van der Waals surface area contributed by atoms with Crippen molar-refractivity contribution in [1.82, 2.24) is 14.5 Å². The lowest BCUT2D eigenvalue weighted by molar-refractivity contribution is 0.0799. The van der Waals surface area contributed by atoms with Gasteiger partial charge in [-0.05, 0) is 30.2 Å². The van der Waals surface area contributed by atoms with Gasteiger partial charge in [-0.3, -0.25) is 15.2 Å². The minimum atomic E-state index is -0.0661. The van der Waals surface area contributed by atoms with Crippen molar-refractivity contribution in [3.63, 3.8) is 0 Å². The van der Waals surface area contributed by atoms with Crippen molar-refractivity contribution in [3.8, 4) is 0 Å². The molecular weight excluding hydrogens is 390 g/mol. The Morgan fingerprint density at radius 1 is 1.13 bits per heavy atom. The average Bonchev–Trinajstić information content (AvgIpc) is 3.10. The first kappa shape index (κ1) is 22.0. The van der Waals surface area contributed by atoms with Crippen LogP contribution < -0.4 is 11.5 Å². The fourth-order valence-corrected chi connectivity index (χ4v) is 3.43. The van der Waals surface area contributed by atoms with Crippen molar-refractivity contribution >= 4 is 28.6 Å². The van der Waals surface area contributed by atoms with Crippen LogP contribution in [0.25, 0.3) is 11.0 Å². The lowest BCUT2D eigenvalue weighted by Gasteiger charge is -2.17. The van der Waals surface area contributed by atoms with Crippen molar-refractivity contribution in [1.29, 1.82) is 5.41 Å². The minimum absolute atomic E-state index is 0.0661. The molecular formula is C23H29N7O. The lowest BCUT2D eigenvalue weighted by Crippen LogP contribution is -2.30. The number of nitrogens with one attached hydrogen (secondary N) is 1. The predicted octanol–water partition coefficient (Wildman–Crippen LogP) is 2.09. The number of aryl methyl sites for hydroxylation is 3. The number of fused-ring (bicyclic) bond motifs is 1. The second kappa shape index (κ2) is 9.42. The zero-order valence-corrected chi connectivity index (χ0v) is 18.2. The number of aliphatic imine (C=N–C) groups is 1. The Morgan fingerprint density at radius 3 is 2.45 bits per heavy atom. The Hall–Kier alpha value is -3.68. The summed E-state index contributed by atoms with van der Waals surface area (Å²) in [7, 11) is 5.39. The van der Waals surface area contributed by atoms with Crippen LogP contribution in [0.15, 0.2) is 47.5 Å². The van der Waals surface area contributed by atoms with Crippen LogP contribution in [-0.4, -0.2) is 52.7 Å². The van der Waals surface area contributed by atoms with E-state index in [2.05, 4.69) is 9.56 Å². The van der Waals surface area contributed by atoms with E-state index in [-0.39, 0.29) is 11.7 Å². The summed E-state index contributed by atoms with van der Waals surface area (Å²) in [6.07, 6.45) is 2.13. The van der Waals surface area contributed by atoms with Crippen LogP contribution in [0.5, 0.6) is 0 Å². The largest absolute Gasteiger partial charge is 0.387 e. The van der Waals surface area contributed by atoms with Gasteiger partial charge >= 0.3 is 0 Å². The number of nitrogens with two attached hydrogens (primary N) is 2. The van der Waals surface area contributed by atoms with E-state index in [0.717, 1.165) is 40.8 Å². The number of nitrogen functional groups attached to an aromatic ring is 1. The van der Waals surface area contributed by atoms with Crippen LogP contribution >= 0.6 is 0 Å². The van der Waals surface area contributed by atoms with E-state index in [1.807, 2.05) is 49.5 Å². The number of carbonyl (C=O) groups excluding carboxylic acids is 1. The number of carbonyl (C=O) groups is 1. The van der Waals surface area contributed by atoms with Gasteiger partial charge in [0.1, 0.15) is 11.7 Å². The van der Waals surface area contributed by atoms with Crippen molar-refractivity contribution in [2.24, 2.45) is 23.5 Å². The Kier molecular flexibility index (Phi) is 6.69. The van der Waals surface area contributed by atoms with Crippen molar-refractivity contribution in [2.75, 3.05) is 20.6 Å². The molecule has 0 saturated heterocycles. The molecule has 0 aliphatic carbocycles. The Labute approximate surface area is 182 Å². The van der Waals surface area contributed by atoms with Crippen molar-refractivity contribution < 1.29 is 4.79 Å². The molecule has 0 atom stereocenters. The highest BCUT2D eigenvalue weighted by atomic mass is 16.2. The van der Waals surface area contributed by atoms with Gasteiger partial charge in [-0.2, -0.15) is 0 Å². The van der Waals surface area contributed by atoms with Gasteiger partial charge in [0.05, 0.1) is 16.9 Å². The van der Waals surface area contributed by atoms with E-state index in [4.69, 9.17) is 21.9 Å². The molecule has 0 fully saturated rings. The molecule has 1 heterocycles. The third-order valence-electron chi connectivity index (χ3n) is 5.46. The maximum atomic E-state index is 12.8. The van der Waals surface area contributed by atoms with E-state index < -0.39 is 0 Å². The van der Waals surface area contributed by atoms with Crippen LogP contribution in [0.2, 0.25) is 0 Å². The normalized spacial score (nSPS) is 11.6. The number of amidine groups is 2. The van der Waals surface area contributed by atoms with E-state index in [1.54, 1.807) is 19.0 Å². The number of benzene rings is 2. The number of rotatable bonds is 8. The summed E-state index contributed by atoms with van der Waals surface area (Å²) in [6, 6.07) is 13.3. The molecule has 0 unspecified atom stereocenters. The zero-order chi connectivity index (χ0) is 22.5. The fraction of sp³-hybridized carbons (Fsp3) is 0.304. The van der Waals surface area contributed by atoms with Gasteiger partial charge < -0.3 is 20.9 Å². The van der Waals surface area contributed by atoms with Crippen LogP contribution in [0, 0.1) is 5.41 Å². The maximum absolute atomic E-state index is 12.8. The summed E-state index contributed by atoms with van der Waals surface area (Å²) in [5.74, 6) is 1.49. The van der Waals surface area contributed by atoms with Crippen LogP contribution in [0.4, 0.5) is 0 Å². The number of nitrogens with zero attached hydrogens (tertiary/aromatic N) is 4. The van der Waals surface area contributed by atoms with Gasteiger partial charge in [0, 0.05) is 51.7 Å². The van der Waals surface area contributed by atoms with Crippen molar-refractivity contribution in [3.05, 3.63) is 65.0 Å². The number of amides is 1. The van der Waals surface area contributed by atoms with Crippen molar-refractivity contribution in [2.45, 2.75) is 19.3 Å². The second-order valence-corrected chi connectivity index (χ2v) is 7.59. The average molecular weight is 420 g/mol. The first-order valence-electron chi connectivity index (χ1n) is 10.2. The van der Waals surface area contributed by atoms with Crippen LogP contribution in [-0.2, 0) is 19.9 Å². The molecule has 0 bridgehead atoms. The SMILES string of the molecule is CN=C(N)CCN(C)C(=O)c1ccc2c(c1)nc(CCc1ccc(C(=N)N)cc1)n2C. The van der Waals surface area contributed by atoms with Gasteiger partial charge in [-0.15, -0.1) is 0 Å². The molecule has 0 aliphatic heterocycles. The summed E-state index contributed by atoms with van der Waals surface area (Å²) in [4.78, 5) is 23.1. The number of hydrogen-bond donors (Lipinski definition) is 3. The quantitative estimate of drug-likeness (QED) is 0.382. The molecule has 0 aliphatic rings. The molecule has 1 aromatic heterocycles. The Morgan fingerprint density at radius 2 is 1.81 bits per heavy atom. The number of hydrogen-bond acceptors (Lipinski definition) is 4. The monoisotopic (exact) mass is 419 g/mol. The van der Waals surface area contributed by atoms with Gasteiger partial charge in [0.25, 0.3) is 5.91 Å². The molecule has 31 heavy (non-hydrogen) atoms. The van der Waals surface area contributed by atoms with E-state index in [1.165, 1.54) is 0 Å². The Balaban J connectivity index is 1.72. The van der Waals surface area contributed by atoms with E-state index in [0.29, 0.717) is 24.4 Å². The highest BCUT2D eigenvalue weighted by molar-refractivity contribution is 5.97. The molecule has 162 valence electrons. The zero-order valence-electron chi connectivity index (χ0n) is 18.2. The molecule has 0 radical (unpaired) electrons. The smallest absolute Gasteiger partial charge is 0.253 e. The first-order valence-corrected chi connectivity index (χ1v) is 10.2. The molecule has 0 saturated carbocycles. The molecule has 3 aromatic rings. The molecule has 1 amide bonds. The standard InChI is InChI=1S/C23H29N7O/c1-27-20(24)12-13-29(2)23(31)17-9-10-19-18(14-17)28-21(30(19)3)11-6-15-4-7-16(8-5-15)22(25)26/h4-5,7-10,14H,6,11-13H2,1-3H3,(H2,24,27)(H3,25,26). The molecule has 8 heteroatoms. The highest BCUT2D eigenvalue weighted by Crippen LogP contribution is 2.19. The van der Waals surface area contributed by atoms with Crippen LogP contribution in [0.3, 0.4) is 0 Å². The molecule has 0 spiro atoms. The molecule has 5 N–H and O–H groups in total. The predicted molar refractivity (Wildman–Crippen MR) is 125 cm³/mol. The maximum Gasteiger partial charge on any atom is 0.253 e. The van der Waals surface area contributed by atoms with E-state index >= 15 is 0 Å². The third-order valence-corrected chi connectivity index (χ3v) is 5.46. The summed E-state index contributed by atoms with van der Waals surface area (Å²) < 4.78 is 2.07. The van der Waals surface area contributed by atoms with Gasteiger partial charge in [-0.25, -0.2) is 4.98 Å². The first-order chi connectivity index (χ1) is 14.8. The van der Waals surface area contributed by atoms with E-state index in [9.17, 15) is 4.79 Å². The third kappa shape index (κ3) is 5.09. The highest BCUT2D eigenvalue weighted by Gasteiger charge is 2.15. The minimum Gasteiger partial charge on any atom is -0.387 e. The molecule has 3 rings (SSSR count).